The molecule has 0 unspecified atom stereocenters. The first kappa shape index (κ1) is 16.5. The molecule has 3 aromatic carbocycles. The van der Waals surface area contributed by atoms with Crippen molar-refractivity contribution in [2.24, 2.45) is 0 Å². The fraction of sp³-hybridized carbons (Fsp3) is 0.100. The van der Waals surface area contributed by atoms with Crippen LogP contribution in [0.5, 0.6) is 5.75 Å². The molecule has 8 nitrogen and oxygen atoms in total. The topological polar surface area (TPSA) is 60.4 Å². The number of rotatable bonds is 2. The summed E-state index contributed by atoms with van der Waals surface area (Å²) in [5, 5.41) is 5.57. The van der Waals surface area contributed by atoms with Crippen LogP contribution in [-0.4, -0.2) is 19.2 Å². The van der Waals surface area contributed by atoms with Crippen LogP contribution in [0.2, 0.25) is 0 Å². The van der Waals surface area contributed by atoms with Crippen molar-refractivity contribution in [1.29, 1.82) is 0 Å². The van der Waals surface area contributed by atoms with Crippen molar-refractivity contribution >= 4 is 46.1 Å². The maximum atomic E-state index is 5.86. The van der Waals surface area contributed by atoms with Crippen molar-refractivity contribution in [3.63, 3.8) is 0 Å². The van der Waals surface area contributed by atoms with Gasteiger partial charge in [-0.1, -0.05) is 23.9 Å². The molecule has 0 spiro atoms. The van der Waals surface area contributed by atoms with Crippen LogP contribution in [0.3, 0.4) is 0 Å². The molecule has 0 bridgehead atoms. The molecule has 3 heterocycles. The Labute approximate surface area is 172 Å². The number of hydrogen-bond donors (Lipinski definition) is 2. The van der Waals surface area contributed by atoms with Gasteiger partial charge in [0.2, 0.25) is 0 Å². The van der Waals surface area contributed by atoms with Gasteiger partial charge < -0.3 is 10.3 Å². The SMILES string of the molecule is CN1Nc2ccc(N3Sc4cc(N5[N-]c6ccccc6O5)ccc4N3C)cc2N1. The van der Waals surface area contributed by atoms with Crippen LogP contribution >= 0.6 is 11.9 Å². The number of fused-ring (bicyclic) bond motifs is 3. The third-order valence-electron chi connectivity index (χ3n) is 5.02. The Morgan fingerprint density at radius 1 is 0.897 bits per heavy atom. The van der Waals surface area contributed by atoms with Crippen LogP contribution in [0.15, 0.2) is 65.6 Å². The van der Waals surface area contributed by atoms with Crippen molar-refractivity contribution in [2.45, 2.75) is 4.90 Å². The summed E-state index contributed by atoms with van der Waals surface area (Å²) in [6.45, 7) is 0. The number of hydrogen-bond acceptors (Lipinski definition) is 8. The van der Waals surface area contributed by atoms with Crippen LogP contribution in [0.1, 0.15) is 0 Å². The molecular weight excluding hydrogens is 386 g/mol. The Kier molecular flexibility index (Phi) is 3.44. The van der Waals surface area contributed by atoms with E-state index in [2.05, 4.69) is 63.1 Å². The Bertz CT molecular complexity index is 1100. The molecule has 0 atom stereocenters. The zero-order valence-electron chi connectivity index (χ0n) is 15.8. The van der Waals surface area contributed by atoms with E-state index >= 15 is 0 Å². The predicted molar refractivity (Wildman–Crippen MR) is 117 cm³/mol. The number of hydrazine groups is 3. The molecule has 2 N–H and O–H groups in total. The number of nitrogens with one attached hydrogen (secondary N) is 2. The summed E-state index contributed by atoms with van der Waals surface area (Å²) >= 11 is 1.67. The molecule has 3 aliphatic heterocycles. The third kappa shape index (κ3) is 2.59. The van der Waals surface area contributed by atoms with Crippen molar-refractivity contribution in [3.05, 3.63) is 66.1 Å². The summed E-state index contributed by atoms with van der Waals surface area (Å²) in [6.07, 6.45) is 0. The van der Waals surface area contributed by atoms with Gasteiger partial charge in [0.1, 0.15) is 5.75 Å². The lowest BCUT2D eigenvalue weighted by Gasteiger charge is -2.29. The Morgan fingerprint density at radius 2 is 1.72 bits per heavy atom. The van der Waals surface area contributed by atoms with Gasteiger partial charge in [-0.25, -0.2) is 4.41 Å². The predicted octanol–water partition coefficient (Wildman–Crippen LogP) is 4.90. The van der Waals surface area contributed by atoms with E-state index in [-0.39, 0.29) is 0 Å². The smallest absolute Gasteiger partial charge is 0.140 e. The molecular formula is C20H18N7OS-. The van der Waals surface area contributed by atoms with Gasteiger partial charge in [-0.15, -0.1) is 5.12 Å². The minimum absolute atomic E-state index is 0.767. The number of nitrogens with zero attached hydrogens (tertiary/aromatic N) is 5. The van der Waals surface area contributed by atoms with Gasteiger partial charge >= 0.3 is 0 Å². The van der Waals surface area contributed by atoms with Crippen molar-refractivity contribution in [3.8, 4) is 5.75 Å². The molecule has 0 saturated carbocycles. The zero-order chi connectivity index (χ0) is 19.5. The average molecular weight is 404 g/mol. The Balaban J connectivity index is 1.27. The standard InChI is InChI=1S/C20H18N7OS/c1-24-18-10-8-13(26-23-16-5-3-4-6-19(16)28-26)12-20(18)29-27(24)14-7-9-15-17(11-14)22-25(2)21-15/h3-12,21-22H,1-2H3/q-1. The number of benzene rings is 3. The van der Waals surface area contributed by atoms with Crippen molar-refractivity contribution in [2.75, 3.05) is 39.5 Å². The molecule has 146 valence electrons. The van der Waals surface area contributed by atoms with E-state index in [1.807, 2.05) is 42.5 Å². The van der Waals surface area contributed by atoms with Crippen molar-refractivity contribution < 1.29 is 4.84 Å². The van der Waals surface area contributed by atoms with E-state index in [0.29, 0.717) is 0 Å². The Morgan fingerprint density at radius 3 is 2.62 bits per heavy atom. The highest BCUT2D eigenvalue weighted by Crippen LogP contribution is 2.48. The molecule has 29 heavy (non-hydrogen) atoms. The van der Waals surface area contributed by atoms with Crippen LogP contribution in [-0.2, 0) is 0 Å². The third-order valence-corrected chi connectivity index (χ3v) is 6.17. The van der Waals surface area contributed by atoms with E-state index in [0.717, 1.165) is 44.8 Å². The highest BCUT2D eigenvalue weighted by molar-refractivity contribution is 8.01. The molecule has 0 saturated heterocycles. The van der Waals surface area contributed by atoms with Crippen LogP contribution in [0.25, 0.3) is 5.43 Å². The van der Waals surface area contributed by atoms with Gasteiger partial charge in [0, 0.05) is 26.0 Å². The maximum Gasteiger partial charge on any atom is 0.140 e. The molecule has 6 rings (SSSR count). The minimum Gasteiger partial charge on any atom is -0.555 e. The largest absolute Gasteiger partial charge is 0.555 e. The molecule has 0 amide bonds. The van der Waals surface area contributed by atoms with Crippen LogP contribution < -0.4 is 30.3 Å². The summed E-state index contributed by atoms with van der Waals surface area (Å²) < 4.78 is 2.17. The molecule has 3 aromatic rings. The van der Waals surface area contributed by atoms with Crippen molar-refractivity contribution in [1.82, 2.24) is 5.12 Å². The fourth-order valence-electron chi connectivity index (χ4n) is 3.61. The molecule has 0 fully saturated rings. The number of para-hydroxylation sites is 1. The van der Waals surface area contributed by atoms with Gasteiger partial charge in [-0.3, -0.25) is 21.0 Å². The van der Waals surface area contributed by atoms with Crippen LogP contribution in [0.4, 0.5) is 34.1 Å². The highest BCUT2D eigenvalue weighted by atomic mass is 32.2. The second kappa shape index (κ2) is 6.03. The summed E-state index contributed by atoms with van der Waals surface area (Å²) in [4.78, 5) is 7.00. The fourth-order valence-corrected chi connectivity index (χ4v) is 4.69. The van der Waals surface area contributed by atoms with E-state index in [1.165, 1.54) is 0 Å². The zero-order valence-corrected chi connectivity index (χ0v) is 16.6. The Hall–Kier alpha value is -3.43. The first-order chi connectivity index (χ1) is 14.2. The normalized spacial score (nSPS) is 16.6. The lowest BCUT2D eigenvalue weighted by Crippen LogP contribution is -2.30. The molecule has 0 aliphatic carbocycles. The van der Waals surface area contributed by atoms with Gasteiger partial charge in [0.25, 0.3) is 0 Å². The lowest BCUT2D eigenvalue weighted by atomic mass is 10.2. The van der Waals surface area contributed by atoms with Gasteiger partial charge in [-0.05, 0) is 42.5 Å². The second-order valence-electron chi connectivity index (χ2n) is 6.98. The first-order valence-corrected chi connectivity index (χ1v) is 9.99. The van der Waals surface area contributed by atoms with E-state index < -0.39 is 0 Å². The monoisotopic (exact) mass is 404 g/mol. The number of anilines is 5. The molecule has 9 heteroatoms. The second-order valence-corrected chi connectivity index (χ2v) is 7.95. The van der Waals surface area contributed by atoms with Gasteiger partial charge in [0.15, 0.2) is 0 Å². The maximum absolute atomic E-state index is 5.86. The molecule has 3 aliphatic rings. The average Bonchev–Trinajstić information content (AvgIpc) is 3.41. The lowest BCUT2D eigenvalue weighted by molar-refractivity contribution is 0.334. The molecule has 0 aromatic heterocycles. The van der Waals surface area contributed by atoms with E-state index in [1.54, 1.807) is 17.1 Å². The van der Waals surface area contributed by atoms with E-state index in [9.17, 15) is 0 Å². The summed E-state index contributed by atoms with van der Waals surface area (Å²) in [7, 11) is 4.01. The summed E-state index contributed by atoms with van der Waals surface area (Å²) in [5.74, 6) is 0.767. The highest BCUT2D eigenvalue weighted by Gasteiger charge is 2.28. The summed E-state index contributed by atoms with van der Waals surface area (Å²) in [5.41, 5.74) is 17.1. The van der Waals surface area contributed by atoms with E-state index in [4.69, 9.17) is 4.84 Å². The first-order valence-electron chi connectivity index (χ1n) is 9.21. The van der Waals surface area contributed by atoms with Crippen LogP contribution in [0, 0.1) is 0 Å². The quantitative estimate of drug-likeness (QED) is 0.585. The van der Waals surface area contributed by atoms with Gasteiger partial charge in [-0.2, -0.15) is 0 Å². The summed E-state index contributed by atoms with van der Waals surface area (Å²) in [6, 6.07) is 20.3. The minimum atomic E-state index is 0.767. The molecule has 0 radical (unpaired) electrons. The van der Waals surface area contributed by atoms with Gasteiger partial charge in [0.05, 0.1) is 33.3 Å².